The molecule has 0 unspecified atom stereocenters. The van der Waals surface area contributed by atoms with Crippen molar-refractivity contribution < 1.29 is 9.90 Å². The van der Waals surface area contributed by atoms with Crippen molar-refractivity contribution in [3.63, 3.8) is 0 Å². The van der Waals surface area contributed by atoms with Crippen molar-refractivity contribution in [3.05, 3.63) is 48.2 Å². The van der Waals surface area contributed by atoms with Crippen LogP contribution in [0.1, 0.15) is 43.0 Å². The van der Waals surface area contributed by atoms with Crippen molar-refractivity contribution in [1.29, 1.82) is 0 Å². The van der Waals surface area contributed by atoms with Crippen LogP contribution >= 0.6 is 0 Å². The van der Waals surface area contributed by atoms with Crippen molar-refractivity contribution in [2.45, 2.75) is 44.2 Å². The van der Waals surface area contributed by atoms with Crippen LogP contribution in [0.3, 0.4) is 0 Å². The molecule has 7 heteroatoms. The van der Waals surface area contributed by atoms with E-state index in [0.29, 0.717) is 12.5 Å². The van der Waals surface area contributed by atoms with Gasteiger partial charge in [0.15, 0.2) is 0 Å². The zero-order chi connectivity index (χ0) is 18.6. The quantitative estimate of drug-likeness (QED) is 0.835. The first-order valence-electron chi connectivity index (χ1n) is 9.61. The second-order valence-electron chi connectivity index (χ2n) is 7.42. The van der Waals surface area contributed by atoms with E-state index in [1.165, 1.54) is 0 Å². The molecule has 1 saturated heterocycles. The highest BCUT2D eigenvalue weighted by Gasteiger charge is 2.31. The summed E-state index contributed by atoms with van der Waals surface area (Å²) in [4.78, 5) is 27.7. The van der Waals surface area contributed by atoms with Gasteiger partial charge in [-0.15, -0.1) is 0 Å². The number of hydrogen-bond acceptors (Lipinski definition) is 6. The summed E-state index contributed by atoms with van der Waals surface area (Å²) < 4.78 is 0. The minimum atomic E-state index is -0.186. The summed E-state index contributed by atoms with van der Waals surface area (Å²) in [6, 6.07) is 7.74. The minimum Gasteiger partial charge on any atom is -0.393 e. The highest BCUT2D eigenvalue weighted by atomic mass is 16.3. The molecule has 2 fully saturated rings. The highest BCUT2D eigenvalue weighted by molar-refractivity contribution is 5.78. The molecule has 142 valence electrons. The number of aliphatic hydroxyl groups is 1. The molecule has 2 aliphatic rings. The second-order valence-corrected chi connectivity index (χ2v) is 7.42. The predicted molar refractivity (Wildman–Crippen MR) is 101 cm³/mol. The Balaban J connectivity index is 1.28. The van der Waals surface area contributed by atoms with E-state index in [1.54, 1.807) is 12.5 Å². The Hall–Kier alpha value is -2.54. The molecule has 0 radical (unpaired) electrons. The summed E-state index contributed by atoms with van der Waals surface area (Å²) in [5.74, 6) is 1.41. The van der Waals surface area contributed by atoms with E-state index in [4.69, 9.17) is 0 Å². The molecule has 1 saturated carbocycles. The summed E-state index contributed by atoms with van der Waals surface area (Å²) in [6.45, 7) is 2.10. The van der Waals surface area contributed by atoms with Gasteiger partial charge >= 0.3 is 0 Å². The van der Waals surface area contributed by atoms with Gasteiger partial charge in [0.25, 0.3) is 0 Å². The predicted octanol–water partition coefficient (Wildman–Crippen LogP) is 1.64. The van der Waals surface area contributed by atoms with E-state index in [9.17, 15) is 9.90 Å². The molecule has 2 N–H and O–H groups in total. The third-order valence-electron chi connectivity index (χ3n) is 5.56. The molecule has 0 atom stereocenters. The fraction of sp³-hybridized carbons (Fsp3) is 0.500. The van der Waals surface area contributed by atoms with Crippen molar-refractivity contribution in [2.24, 2.45) is 5.92 Å². The average Bonchev–Trinajstić information content (AvgIpc) is 2.70. The lowest BCUT2D eigenvalue weighted by Gasteiger charge is -2.34. The Morgan fingerprint density at radius 3 is 2.70 bits per heavy atom. The first kappa shape index (κ1) is 17.9. The van der Waals surface area contributed by atoms with Gasteiger partial charge in [-0.25, -0.2) is 9.97 Å². The number of anilines is 1. The number of piperidine rings is 1. The van der Waals surface area contributed by atoms with Gasteiger partial charge in [0.05, 0.1) is 18.3 Å². The normalized spacial score (nSPS) is 22.9. The first-order chi connectivity index (χ1) is 13.2. The van der Waals surface area contributed by atoms with E-state index in [-0.39, 0.29) is 17.9 Å². The van der Waals surface area contributed by atoms with Crippen LogP contribution in [-0.4, -0.2) is 45.2 Å². The number of amides is 1. The lowest BCUT2D eigenvalue weighted by molar-refractivity contribution is -0.125. The van der Waals surface area contributed by atoms with Crippen molar-refractivity contribution in [3.8, 4) is 0 Å². The Bertz CT molecular complexity index is 771. The SMILES string of the molecule is O=C(NCc1ccccn1)C1CCN(c2cc(C3CC(O)C3)ncn2)CC1. The molecule has 0 spiro atoms. The molecule has 7 nitrogen and oxygen atoms in total. The molecule has 27 heavy (non-hydrogen) atoms. The van der Waals surface area contributed by atoms with Gasteiger partial charge in [-0.1, -0.05) is 6.07 Å². The van der Waals surface area contributed by atoms with E-state index < -0.39 is 0 Å². The summed E-state index contributed by atoms with van der Waals surface area (Å²) >= 11 is 0. The van der Waals surface area contributed by atoms with Crippen LogP contribution < -0.4 is 10.2 Å². The Labute approximate surface area is 158 Å². The number of hydrogen-bond donors (Lipinski definition) is 2. The standard InChI is InChI=1S/C20H25N5O2/c26-17-9-15(10-17)18-11-19(24-13-23-18)25-7-4-14(5-8-25)20(27)22-12-16-3-1-2-6-21-16/h1-3,6,11,13-15,17,26H,4-5,7-10,12H2,(H,22,27). The third kappa shape index (κ3) is 4.24. The van der Waals surface area contributed by atoms with Crippen LogP contribution in [0.2, 0.25) is 0 Å². The summed E-state index contributed by atoms with van der Waals surface area (Å²) in [5.41, 5.74) is 1.89. The number of aliphatic hydroxyl groups excluding tert-OH is 1. The van der Waals surface area contributed by atoms with Gasteiger partial charge in [-0.05, 0) is 37.8 Å². The van der Waals surface area contributed by atoms with Gasteiger partial charge in [0.2, 0.25) is 5.91 Å². The summed E-state index contributed by atoms with van der Waals surface area (Å²) in [5, 5.41) is 12.5. The maximum atomic E-state index is 12.4. The Morgan fingerprint density at radius 2 is 2.00 bits per heavy atom. The van der Waals surface area contributed by atoms with Crippen molar-refractivity contribution >= 4 is 11.7 Å². The first-order valence-corrected chi connectivity index (χ1v) is 9.61. The molecule has 4 rings (SSSR count). The molecule has 2 aromatic rings. The third-order valence-corrected chi connectivity index (χ3v) is 5.56. The van der Waals surface area contributed by atoms with Crippen LogP contribution in [-0.2, 0) is 11.3 Å². The Morgan fingerprint density at radius 1 is 1.19 bits per heavy atom. The Kier molecular flexibility index (Phi) is 5.29. The number of aromatic nitrogens is 3. The largest absolute Gasteiger partial charge is 0.393 e. The van der Waals surface area contributed by atoms with Crippen LogP contribution in [0.4, 0.5) is 5.82 Å². The number of carbonyl (C=O) groups is 1. The van der Waals surface area contributed by atoms with Crippen LogP contribution in [0.25, 0.3) is 0 Å². The minimum absolute atomic E-state index is 0.0352. The van der Waals surface area contributed by atoms with Gasteiger partial charge in [-0.3, -0.25) is 9.78 Å². The molecule has 2 aromatic heterocycles. The molecule has 0 bridgehead atoms. The van der Waals surface area contributed by atoms with Crippen molar-refractivity contribution in [1.82, 2.24) is 20.3 Å². The van der Waals surface area contributed by atoms with Crippen LogP contribution in [0, 0.1) is 5.92 Å². The number of nitrogens with zero attached hydrogens (tertiary/aromatic N) is 4. The fourth-order valence-electron chi connectivity index (χ4n) is 3.78. The number of nitrogens with one attached hydrogen (secondary N) is 1. The molecule has 0 aromatic carbocycles. The van der Waals surface area contributed by atoms with E-state index >= 15 is 0 Å². The number of rotatable bonds is 5. The monoisotopic (exact) mass is 367 g/mol. The lowest BCUT2D eigenvalue weighted by atomic mass is 9.80. The van der Waals surface area contributed by atoms with Crippen molar-refractivity contribution in [2.75, 3.05) is 18.0 Å². The average molecular weight is 367 g/mol. The number of carbonyl (C=O) groups excluding carboxylic acids is 1. The zero-order valence-corrected chi connectivity index (χ0v) is 15.3. The fourth-order valence-corrected chi connectivity index (χ4v) is 3.78. The smallest absolute Gasteiger partial charge is 0.223 e. The number of pyridine rings is 1. The molecular weight excluding hydrogens is 342 g/mol. The van der Waals surface area contributed by atoms with E-state index in [0.717, 1.165) is 56.0 Å². The van der Waals surface area contributed by atoms with Gasteiger partial charge in [0.1, 0.15) is 12.1 Å². The topological polar surface area (TPSA) is 91.2 Å². The van der Waals surface area contributed by atoms with Crippen LogP contribution in [0.5, 0.6) is 0 Å². The highest BCUT2D eigenvalue weighted by Crippen LogP contribution is 2.36. The maximum Gasteiger partial charge on any atom is 0.223 e. The molecule has 1 aliphatic heterocycles. The lowest BCUT2D eigenvalue weighted by Crippen LogP contribution is -2.40. The second kappa shape index (κ2) is 8.00. The van der Waals surface area contributed by atoms with Crippen LogP contribution in [0.15, 0.2) is 36.8 Å². The van der Waals surface area contributed by atoms with E-state index in [2.05, 4.69) is 25.2 Å². The molecule has 1 amide bonds. The van der Waals surface area contributed by atoms with Gasteiger partial charge in [0, 0.05) is 42.9 Å². The molecule has 3 heterocycles. The maximum absolute atomic E-state index is 12.4. The summed E-state index contributed by atoms with van der Waals surface area (Å²) in [7, 11) is 0. The zero-order valence-electron chi connectivity index (χ0n) is 15.3. The summed E-state index contributed by atoms with van der Waals surface area (Å²) in [6.07, 6.45) is 6.37. The van der Waals surface area contributed by atoms with Gasteiger partial charge < -0.3 is 15.3 Å². The molecular formula is C20H25N5O2. The van der Waals surface area contributed by atoms with Gasteiger partial charge in [-0.2, -0.15) is 0 Å². The molecule has 1 aliphatic carbocycles. The van der Waals surface area contributed by atoms with E-state index in [1.807, 2.05) is 24.3 Å².